The van der Waals surface area contributed by atoms with E-state index in [4.69, 9.17) is 4.74 Å². The molecule has 104 valence electrons. The summed E-state index contributed by atoms with van der Waals surface area (Å²) in [6, 6.07) is 5.11. The number of ketones is 1. The van der Waals surface area contributed by atoms with Gasteiger partial charge in [0.15, 0.2) is 0 Å². The summed E-state index contributed by atoms with van der Waals surface area (Å²) in [6.45, 7) is 0.571. The lowest BCUT2D eigenvalue weighted by atomic mass is 10.0. The third-order valence-corrected chi connectivity index (χ3v) is 3.04. The van der Waals surface area contributed by atoms with Crippen LogP contribution in [0.15, 0.2) is 18.2 Å². The van der Waals surface area contributed by atoms with Crippen molar-refractivity contribution in [1.82, 2.24) is 0 Å². The molecule has 1 aliphatic rings. The smallest absolute Gasteiger partial charge is 0.364 e. The number of alkyl halides is 4. The van der Waals surface area contributed by atoms with Crippen molar-refractivity contribution < 1.29 is 27.1 Å². The van der Waals surface area contributed by atoms with Gasteiger partial charge >= 0.3 is 12.3 Å². The molecule has 1 aromatic carbocycles. The van der Waals surface area contributed by atoms with Crippen LogP contribution in [0, 0.1) is 0 Å². The highest BCUT2D eigenvalue weighted by molar-refractivity contribution is 5.86. The van der Waals surface area contributed by atoms with E-state index in [0.29, 0.717) is 12.2 Å². The maximum atomic E-state index is 12.7. The van der Waals surface area contributed by atoms with Crippen LogP contribution in [0.3, 0.4) is 0 Å². The van der Waals surface area contributed by atoms with Gasteiger partial charge in [0.25, 0.3) is 0 Å². The first kappa shape index (κ1) is 13.8. The number of carbonyl (C=O) groups is 1. The molecule has 0 saturated heterocycles. The summed E-state index contributed by atoms with van der Waals surface area (Å²) >= 11 is 0. The number of rotatable bonds is 5. The molecule has 0 N–H and O–H groups in total. The number of aryl methyl sites for hydroxylation is 1. The molecule has 1 aliphatic heterocycles. The molecule has 0 spiro atoms. The number of halogens is 4. The van der Waals surface area contributed by atoms with Crippen molar-refractivity contribution in [2.75, 3.05) is 6.61 Å². The second-order valence-corrected chi connectivity index (χ2v) is 4.39. The molecule has 1 aromatic rings. The van der Waals surface area contributed by atoms with Gasteiger partial charge in [-0.15, -0.1) is 0 Å². The van der Waals surface area contributed by atoms with Crippen molar-refractivity contribution >= 4 is 5.78 Å². The van der Waals surface area contributed by atoms with Gasteiger partial charge in [-0.1, -0.05) is 12.1 Å². The van der Waals surface area contributed by atoms with Gasteiger partial charge in [0.05, 0.1) is 6.61 Å². The second kappa shape index (κ2) is 5.19. The fourth-order valence-electron chi connectivity index (χ4n) is 1.94. The Morgan fingerprint density at radius 3 is 2.79 bits per heavy atom. The minimum absolute atomic E-state index is 0.0222. The summed E-state index contributed by atoms with van der Waals surface area (Å²) in [7, 11) is 0. The highest BCUT2D eigenvalue weighted by Gasteiger charge is 2.47. The van der Waals surface area contributed by atoms with Crippen LogP contribution in [0.2, 0.25) is 0 Å². The minimum atomic E-state index is -4.56. The van der Waals surface area contributed by atoms with Crippen molar-refractivity contribution in [3.8, 4) is 5.75 Å². The molecule has 2 nitrogen and oxygen atoms in total. The fraction of sp³-hybridized carbons (Fsp3) is 0.462. The minimum Gasteiger partial charge on any atom is -0.493 e. The van der Waals surface area contributed by atoms with Gasteiger partial charge in [0, 0.05) is 12.8 Å². The number of hydrogen-bond acceptors (Lipinski definition) is 2. The molecule has 19 heavy (non-hydrogen) atoms. The van der Waals surface area contributed by atoms with E-state index in [2.05, 4.69) is 0 Å². The predicted octanol–water partition coefficient (Wildman–Crippen LogP) is 3.02. The van der Waals surface area contributed by atoms with E-state index < -0.39 is 24.6 Å². The average Bonchev–Trinajstić information content (AvgIpc) is 2.82. The predicted molar refractivity (Wildman–Crippen MR) is 59.9 cm³/mol. The van der Waals surface area contributed by atoms with Crippen molar-refractivity contribution in [3.63, 3.8) is 0 Å². The topological polar surface area (TPSA) is 26.3 Å². The van der Waals surface area contributed by atoms with Gasteiger partial charge < -0.3 is 4.74 Å². The first-order chi connectivity index (χ1) is 8.91. The third-order valence-electron chi connectivity index (χ3n) is 3.04. The summed E-state index contributed by atoms with van der Waals surface area (Å²) in [6.07, 6.45) is -3.80. The molecule has 2 rings (SSSR count). The van der Waals surface area contributed by atoms with Crippen LogP contribution in [0.4, 0.5) is 17.6 Å². The Morgan fingerprint density at radius 2 is 2.11 bits per heavy atom. The van der Waals surface area contributed by atoms with Gasteiger partial charge in [0.2, 0.25) is 5.78 Å². The summed E-state index contributed by atoms with van der Waals surface area (Å²) in [5.74, 6) is -5.54. The Morgan fingerprint density at radius 1 is 1.37 bits per heavy atom. The van der Waals surface area contributed by atoms with Crippen LogP contribution in [0.5, 0.6) is 5.75 Å². The Bertz CT molecular complexity index is 486. The highest BCUT2D eigenvalue weighted by atomic mass is 19.3. The molecule has 0 atom stereocenters. The molecule has 0 saturated carbocycles. The quantitative estimate of drug-likeness (QED) is 0.773. The Labute approximate surface area is 107 Å². The van der Waals surface area contributed by atoms with Gasteiger partial charge in [-0.05, 0) is 23.6 Å². The molecule has 1 heterocycles. The first-order valence-electron chi connectivity index (χ1n) is 5.85. The fourth-order valence-corrected chi connectivity index (χ4v) is 1.94. The first-order valence-corrected chi connectivity index (χ1v) is 5.85. The number of fused-ring (bicyclic) bond motifs is 1. The summed E-state index contributed by atoms with van der Waals surface area (Å²) in [4.78, 5) is 11.1. The monoisotopic (exact) mass is 276 g/mol. The van der Waals surface area contributed by atoms with Gasteiger partial charge in [-0.25, -0.2) is 8.78 Å². The molecule has 0 aromatic heterocycles. The summed E-state index contributed by atoms with van der Waals surface area (Å²) in [5, 5.41) is 0. The number of hydrogen-bond donors (Lipinski definition) is 0. The lowest BCUT2D eigenvalue weighted by molar-refractivity contribution is -0.166. The number of carbonyl (C=O) groups excluding carboxylic acids is 1. The standard InChI is InChI=1S/C13H12F4O2/c14-12(15)13(16,17)11(18)4-2-8-1-3-10-9(7-8)5-6-19-10/h1,3,7,12H,2,4-6H2. The maximum Gasteiger partial charge on any atom is 0.364 e. The van der Waals surface area contributed by atoms with E-state index >= 15 is 0 Å². The van der Waals surface area contributed by atoms with E-state index in [-0.39, 0.29) is 6.42 Å². The van der Waals surface area contributed by atoms with Crippen LogP contribution < -0.4 is 4.74 Å². The van der Waals surface area contributed by atoms with E-state index in [0.717, 1.165) is 17.7 Å². The van der Waals surface area contributed by atoms with E-state index in [9.17, 15) is 22.4 Å². The molecule has 6 heteroatoms. The molecule has 0 aliphatic carbocycles. The zero-order chi connectivity index (χ0) is 14.0. The lowest BCUT2D eigenvalue weighted by Crippen LogP contribution is -2.36. The largest absolute Gasteiger partial charge is 0.493 e. The van der Waals surface area contributed by atoms with Crippen LogP contribution >= 0.6 is 0 Å². The normalized spacial score (nSPS) is 14.4. The van der Waals surface area contributed by atoms with Gasteiger partial charge in [-0.3, -0.25) is 4.79 Å². The van der Waals surface area contributed by atoms with E-state index in [1.807, 2.05) is 0 Å². The van der Waals surface area contributed by atoms with Crippen molar-refractivity contribution in [2.24, 2.45) is 0 Å². The van der Waals surface area contributed by atoms with Gasteiger partial charge in [-0.2, -0.15) is 8.78 Å². The Hall–Kier alpha value is -1.59. The van der Waals surface area contributed by atoms with Crippen LogP contribution in [0.25, 0.3) is 0 Å². The van der Waals surface area contributed by atoms with Crippen LogP contribution in [0.1, 0.15) is 17.5 Å². The second-order valence-electron chi connectivity index (χ2n) is 4.39. The van der Waals surface area contributed by atoms with Crippen molar-refractivity contribution in [1.29, 1.82) is 0 Å². The van der Waals surface area contributed by atoms with Gasteiger partial charge in [0.1, 0.15) is 5.75 Å². The van der Waals surface area contributed by atoms with Crippen LogP contribution in [-0.4, -0.2) is 24.7 Å². The Balaban J connectivity index is 1.98. The number of benzene rings is 1. The Kier molecular flexibility index (Phi) is 3.78. The van der Waals surface area contributed by atoms with E-state index in [1.54, 1.807) is 18.2 Å². The highest BCUT2D eigenvalue weighted by Crippen LogP contribution is 2.28. The van der Waals surface area contributed by atoms with Crippen LogP contribution in [-0.2, 0) is 17.6 Å². The summed E-state index contributed by atoms with van der Waals surface area (Å²) < 4.78 is 54.7. The zero-order valence-electron chi connectivity index (χ0n) is 9.97. The zero-order valence-corrected chi connectivity index (χ0v) is 9.97. The van der Waals surface area contributed by atoms with Crippen molar-refractivity contribution in [2.45, 2.75) is 31.6 Å². The molecule has 0 fully saturated rings. The number of ether oxygens (including phenoxy) is 1. The number of Topliss-reactive ketones (excluding diaryl/α,β-unsaturated/α-hetero) is 1. The van der Waals surface area contributed by atoms with E-state index in [1.165, 1.54) is 0 Å². The molecule has 0 radical (unpaired) electrons. The lowest BCUT2D eigenvalue weighted by Gasteiger charge is -2.13. The SMILES string of the molecule is O=C(CCc1ccc2c(c1)CCO2)C(F)(F)C(F)F. The summed E-state index contributed by atoms with van der Waals surface area (Å²) in [5.41, 5.74) is 1.62. The van der Waals surface area contributed by atoms with Crippen molar-refractivity contribution in [3.05, 3.63) is 29.3 Å². The average molecular weight is 276 g/mol. The molecular weight excluding hydrogens is 264 g/mol. The maximum absolute atomic E-state index is 12.7. The molecule has 0 unspecified atom stereocenters. The molecular formula is C13H12F4O2. The molecule has 0 amide bonds. The third kappa shape index (κ3) is 2.88. The molecule has 0 bridgehead atoms.